The minimum atomic E-state index is -1.14. The van der Waals surface area contributed by atoms with Crippen molar-refractivity contribution in [1.82, 2.24) is 4.90 Å². The molecule has 30 heavy (non-hydrogen) atoms. The van der Waals surface area contributed by atoms with Gasteiger partial charge in [-0.15, -0.1) is 0 Å². The van der Waals surface area contributed by atoms with Gasteiger partial charge in [0.1, 0.15) is 0 Å². The van der Waals surface area contributed by atoms with Crippen molar-refractivity contribution in [3.05, 3.63) is 63.0 Å². The third-order valence-corrected chi connectivity index (χ3v) is 5.44. The zero-order valence-electron chi connectivity index (χ0n) is 16.0. The SMILES string of the molecule is CCOc1cccc(/C=C2\SC(=O)N(Cc3cccc(Br)c3)C2=O)c1OCC(=O)O. The number of carboxylic acids is 1. The van der Waals surface area contributed by atoms with Crippen molar-refractivity contribution in [2.75, 3.05) is 13.2 Å². The summed E-state index contributed by atoms with van der Waals surface area (Å²) in [5, 5.41) is 8.57. The molecule has 1 heterocycles. The van der Waals surface area contributed by atoms with Crippen LogP contribution in [0.4, 0.5) is 4.79 Å². The van der Waals surface area contributed by atoms with Crippen molar-refractivity contribution in [1.29, 1.82) is 0 Å². The molecule has 0 aliphatic carbocycles. The van der Waals surface area contributed by atoms with Crippen LogP contribution in [0, 0.1) is 0 Å². The summed E-state index contributed by atoms with van der Waals surface area (Å²) in [5.74, 6) is -0.987. The molecular weight excluding hydrogens is 474 g/mol. The number of aliphatic carboxylic acids is 1. The zero-order chi connectivity index (χ0) is 21.7. The van der Waals surface area contributed by atoms with Crippen molar-refractivity contribution >= 4 is 50.9 Å². The molecule has 2 amide bonds. The molecule has 1 saturated heterocycles. The summed E-state index contributed by atoms with van der Waals surface area (Å²) >= 11 is 4.20. The van der Waals surface area contributed by atoms with E-state index in [0.29, 0.717) is 17.9 Å². The van der Waals surface area contributed by atoms with Gasteiger partial charge in [0.05, 0.1) is 18.1 Å². The van der Waals surface area contributed by atoms with Gasteiger partial charge >= 0.3 is 5.97 Å². The van der Waals surface area contributed by atoms with Gasteiger partial charge in [-0.2, -0.15) is 0 Å². The standard InChI is InChI=1S/C21H18BrNO6S/c1-2-28-16-8-4-6-14(19(16)29-12-18(24)25)10-17-20(26)23(21(27)30-17)11-13-5-3-7-15(22)9-13/h3-10H,2,11-12H2,1H3,(H,24,25)/b17-10-. The van der Waals surface area contributed by atoms with Crippen LogP contribution in [0.3, 0.4) is 0 Å². The quantitative estimate of drug-likeness (QED) is 0.541. The molecule has 1 aliphatic heterocycles. The largest absolute Gasteiger partial charge is 0.490 e. The predicted molar refractivity (Wildman–Crippen MR) is 116 cm³/mol. The number of carbonyl (C=O) groups excluding carboxylic acids is 2. The van der Waals surface area contributed by atoms with Gasteiger partial charge in [0, 0.05) is 10.0 Å². The van der Waals surface area contributed by atoms with E-state index in [1.807, 2.05) is 24.3 Å². The lowest BCUT2D eigenvalue weighted by Gasteiger charge is -2.14. The maximum atomic E-state index is 12.8. The Bertz CT molecular complexity index is 1020. The maximum Gasteiger partial charge on any atom is 0.341 e. The molecule has 0 atom stereocenters. The van der Waals surface area contributed by atoms with E-state index in [4.69, 9.17) is 14.6 Å². The highest BCUT2D eigenvalue weighted by Crippen LogP contribution is 2.38. The number of nitrogens with zero attached hydrogens (tertiary/aromatic N) is 1. The molecule has 3 rings (SSSR count). The first kappa shape index (κ1) is 21.9. The highest BCUT2D eigenvalue weighted by atomic mass is 79.9. The van der Waals surface area contributed by atoms with Crippen molar-refractivity contribution in [3.8, 4) is 11.5 Å². The molecule has 0 aromatic heterocycles. The van der Waals surface area contributed by atoms with Crippen LogP contribution < -0.4 is 9.47 Å². The van der Waals surface area contributed by atoms with Gasteiger partial charge in [-0.3, -0.25) is 14.5 Å². The smallest absolute Gasteiger partial charge is 0.341 e. The van der Waals surface area contributed by atoms with Gasteiger partial charge in [-0.1, -0.05) is 40.2 Å². The number of benzene rings is 2. The van der Waals surface area contributed by atoms with E-state index in [1.165, 1.54) is 11.0 Å². The highest BCUT2D eigenvalue weighted by Gasteiger charge is 2.35. The van der Waals surface area contributed by atoms with Crippen LogP contribution in [-0.2, 0) is 16.1 Å². The van der Waals surface area contributed by atoms with E-state index >= 15 is 0 Å². The number of para-hydroxylation sites is 1. The van der Waals surface area contributed by atoms with Crippen molar-refractivity contribution in [3.63, 3.8) is 0 Å². The minimum absolute atomic E-state index is 0.156. The molecule has 1 N–H and O–H groups in total. The Morgan fingerprint density at radius 2 is 1.97 bits per heavy atom. The van der Waals surface area contributed by atoms with E-state index in [0.717, 1.165) is 21.8 Å². The lowest BCUT2D eigenvalue weighted by atomic mass is 10.1. The topological polar surface area (TPSA) is 93.1 Å². The first-order valence-electron chi connectivity index (χ1n) is 8.99. The average molecular weight is 492 g/mol. The molecule has 1 aliphatic rings. The number of thioether (sulfide) groups is 1. The lowest BCUT2D eigenvalue weighted by molar-refractivity contribution is -0.139. The second-order valence-electron chi connectivity index (χ2n) is 6.19. The van der Waals surface area contributed by atoms with Crippen LogP contribution in [0.2, 0.25) is 0 Å². The summed E-state index contributed by atoms with van der Waals surface area (Å²) in [6, 6.07) is 12.4. The van der Waals surface area contributed by atoms with Gasteiger partial charge in [0.2, 0.25) is 0 Å². The van der Waals surface area contributed by atoms with Gasteiger partial charge in [0.25, 0.3) is 11.1 Å². The molecule has 1 fully saturated rings. The fourth-order valence-corrected chi connectivity index (χ4v) is 4.08. The predicted octanol–water partition coefficient (Wildman–Crippen LogP) is 4.55. The molecule has 0 unspecified atom stereocenters. The summed E-state index contributed by atoms with van der Waals surface area (Å²) in [4.78, 5) is 37.6. The van der Waals surface area contributed by atoms with Crippen LogP contribution in [0.25, 0.3) is 6.08 Å². The number of ether oxygens (including phenoxy) is 2. The Labute approximate surface area is 185 Å². The Morgan fingerprint density at radius 3 is 2.67 bits per heavy atom. The molecular formula is C21H18BrNO6S. The van der Waals surface area contributed by atoms with Crippen LogP contribution in [0.1, 0.15) is 18.1 Å². The number of hydrogen-bond acceptors (Lipinski definition) is 6. The lowest BCUT2D eigenvalue weighted by Crippen LogP contribution is -2.27. The minimum Gasteiger partial charge on any atom is -0.490 e. The van der Waals surface area contributed by atoms with Crippen molar-refractivity contribution < 1.29 is 29.0 Å². The first-order chi connectivity index (χ1) is 14.4. The van der Waals surface area contributed by atoms with E-state index in [1.54, 1.807) is 25.1 Å². The third kappa shape index (κ3) is 5.22. The van der Waals surface area contributed by atoms with Crippen LogP contribution in [-0.4, -0.2) is 40.3 Å². The van der Waals surface area contributed by atoms with Gasteiger partial charge < -0.3 is 14.6 Å². The summed E-state index contributed by atoms with van der Waals surface area (Å²) in [5.41, 5.74) is 1.27. The Morgan fingerprint density at radius 1 is 1.20 bits per heavy atom. The van der Waals surface area contributed by atoms with E-state index < -0.39 is 18.5 Å². The summed E-state index contributed by atoms with van der Waals surface area (Å²) < 4.78 is 11.8. The fraction of sp³-hybridized carbons (Fsp3) is 0.190. The summed E-state index contributed by atoms with van der Waals surface area (Å²) in [6.45, 7) is 1.75. The number of rotatable bonds is 8. The maximum absolute atomic E-state index is 12.8. The molecule has 0 spiro atoms. The van der Waals surface area contributed by atoms with E-state index in [-0.39, 0.29) is 22.4 Å². The molecule has 2 aromatic rings. The molecule has 0 radical (unpaired) electrons. The van der Waals surface area contributed by atoms with Gasteiger partial charge in [-0.25, -0.2) is 4.79 Å². The molecule has 156 valence electrons. The second-order valence-corrected chi connectivity index (χ2v) is 8.10. The summed E-state index contributed by atoms with van der Waals surface area (Å²) in [6.07, 6.45) is 1.52. The molecule has 2 aromatic carbocycles. The first-order valence-corrected chi connectivity index (χ1v) is 10.6. The Hall–Kier alpha value is -2.78. The normalized spacial score (nSPS) is 15.0. The molecule has 7 nitrogen and oxygen atoms in total. The number of hydrogen-bond donors (Lipinski definition) is 1. The van der Waals surface area contributed by atoms with Crippen molar-refractivity contribution in [2.24, 2.45) is 0 Å². The van der Waals surface area contributed by atoms with Gasteiger partial charge in [0.15, 0.2) is 18.1 Å². The van der Waals surface area contributed by atoms with Gasteiger partial charge in [-0.05, 0) is 48.5 Å². The Balaban J connectivity index is 1.89. The number of amides is 2. The van der Waals surface area contributed by atoms with E-state index in [2.05, 4.69) is 15.9 Å². The summed E-state index contributed by atoms with van der Waals surface area (Å²) in [7, 11) is 0. The van der Waals surface area contributed by atoms with Crippen LogP contribution in [0.5, 0.6) is 11.5 Å². The number of carbonyl (C=O) groups is 3. The number of halogens is 1. The average Bonchev–Trinajstić information content (AvgIpc) is 2.95. The highest BCUT2D eigenvalue weighted by molar-refractivity contribution is 9.10. The number of imide groups is 1. The Kier molecular flexibility index (Phi) is 7.17. The second kappa shape index (κ2) is 9.82. The van der Waals surface area contributed by atoms with Crippen LogP contribution >= 0.6 is 27.7 Å². The molecule has 0 bridgehead atoms. The molecule has 0 saturated carbocycles. The fourth-order valence-electron chi connectivity index (χ4n) is 2.80. The molecule has 9 heteroatoms. The van der Waals surface area contributed by atoms with Crippen LogP contribution in [0.15, 0.2) is 51.8 Å². The van der Waals surface area contributed by atoms with Crippen molar-refractivity contribution in [2.45, 2.75) is 13.5 Å². The number of carboxylic acid groups (broad SMARTS) is 1. The third-order valence-electron chi connectivity index (χ3n) is 4.04. The zero-order valence-corrected chi connectivity index (χ0v) is 18.4. The van der Waals surface area contributed by atoms with E-state index in [9.17, 15) is 14.4 Å². The monoisotopic (exact) mass is 491 g/mol.